The van der Waals surface area contributed by atoms with Gasteiger partial charge in [-0.25, -0.2) is 19.9 Å². The molecule has 4 aromatic rings. The van der Waals surface area contributed by atoms with Crippen LogP contribution in [0.3, 0.4) is 0 Å². The maximum Gasteiger partial charge on any atom is 0.226 e. The van der Waals surface area contributed by atoms with Crippen molar-refractivity contribution in [2.24, 2.45) is 0 Å². The molecule has 0 saturated carbocycles. The molecule has 1 N–H and O–H groups in total. The number of rotatable bonds is 4. The van der Waals surface area contributed by atoms with Gasteiger partial charge < -0.3 is 10.0 Å². The number of phenols is 1. The second kappa shape index (κ2) is 7.71. The van der Waals surface area contributed by atoms with Crippen LogP contribution in [0.25, 0.3) is 23.7 Å². The highest BCUT2D eigenvalue weighted by Gasteiger charge is 2.22. The zero-order valence-corrected chi connectivity index (χ0v) is 16.1. The molecule has 0 atom stereocenters. The van der Waals surface area contributed by atoms with Gasteiger partial charge in [-0.3, -0.25) is 4.98 Å². The molecule has 30 heavy (non-hydrogen) atoms. The average molecular weight is 394 g/mol. The van der Waals surface area contributed by atoms with Crippen molar-refractivity contribution in [3.8, 4) is 17.3 Å². The third-order valence-electron chi connectivity index (χ3n) is 4.90. The molecule has 3 aromatic heterocycles. The first-order valence-corrected chi connectivity index (χ1v) is 9.55. The molecule has 0 spiro atoms. The first-order valence-electron chi connectivity index (χ1n) is 9.55. The number of hydrogen-bond donors (Lipinski definition) is 1. The van der Waals surface area contributed by atoms with Crippen LogP contribution in [-0.2, 0) is 13.1 Å². The van der Waals surface area contributed by atoms with Gasteiger partial charge in [0.1, 0.15) is 11.4 Å². The average Bonchev–Trinajstić information content (AvgIpc) is 3.22. The molecule has 7 heteroatoms. The predicted molar refractivity (Wildman–Crippen MR) is 114 cm³/mol. The number of hydrogen-bond acceptors (Lipinski definition) is 7. The van der Waals surface area contributed by atoms with Crippen molar-refractivity contribution in [1.82, 2.24) is 24.9 Å². The van der Waals surface area contributed by atoms with E-state index in [0.29, 0.717) is 30.6 Å². The molecule has 4 heterocycles. The molecule has 0 fully saturated rings. The van der Waals surface area contributed by atoms with Crippen LogP contribution in [0.4, 0.5) is 5.95 Å². The molecule has 0 unspecified atom stereocenters. The van der Waals surface area contributed by atoms with Gasteiger partial charge in [0, 0.05) is 37.9 Å². The summed E-state index contributed by atoms with van der Waals surface area (Å²) in [6.07, 6.45) is 10.9. The number of benzene rings is 1. The third kappa shape index (κ3) is 3.73. The van der Waals surface area contributed by atoms with Gasteiger partial charge in [-0.05, 0) is 59.2 Å². The molecule has 146 valence electrons. The minimum absolute atomic E-state index is 0.273. The number of pyridine rings is 1. The molecule has 0 bridgehead atoms. The number of aromatic hydroxyl groups is 1. The van der Waals surface area contributed by atoms with Crippen molar-refractivity contribution < 1.29 is 5.11 Å². The van der Waals surface area contributed by atoms with E-state index in [2.05, 4.69) is 29.8 Å². The van der Waals surface area contributed by atoms with Crippen molar-refractivity contribution in [3.05, 3.63) is 89.6 Å². The molecule has 0 radical (unpaired) electrons. The number of aromatic nitrogens is 5. The van der Waals surface area contributed by atoms with E-state index in [9.17, 15) is 5.11 Å². The van der Waals surface area contributed by atoms with E-state index >= 15 is 0 Å². The van der Waals surface area contributed by atoms with Crippen LogP contribution >= 0.6 is 0 Å². The Balaban J connectivity index is 1.39. The Bertz CT molecular complexity index is 1230. The Morgan fingerprint density at radius 2 is 1.63 bits per heavy atom. The lowest BCUT2D eigenvalue weighted by molar-refractivity contribution is 0.474. The van der Waals surface area contributed by atoms with Gasteiger partial charge in [0.05, 0.1) is 5.69 Å². The Morgan fingerprint density at radius 3 is 2.53 bits per heavy atom. The van der Waals surface area contributed by atoms with Crippen LogP contribution in [0.1, 0.15) is 22.4 Å². The molecule has 5 rings (SSSR count). The van der Waals surface area contributed by atoms with E-state index in [1.807, 2.05) is 42.5 Å². The summed E-state index contributed by atoms with van der Waals surface area (Å²) in [4.78, 5) is 24.2. The smallest absolute Gasteiger partial charge is 0.226 e. The van der Waals surface area contributed by atoms with Crippen molar-refractivity contribution in [2.75, 3.05) is 4.90 Å². The number of nitrogens with zero attached hydrogens (tertiary/aromatic N) is 6. The monoisotopic (exact) mass is 394 g/mol. The Labute approximate surface area is 173 Å². The van der Waals surface area contributed by atoms with E-state index < -0.39 is 0 Å². The van der Waals surface area contributed by atoms with E-state index in [4.69, 9.17) is 0 Å². The van der Waals surface area contributed by atoms with Crippen LogP contribution in [0.15, 0.2) is 67.3 Å². The van der Waals surface area contributed by atoms with Crippen molar-refractivity contribution >= 4 is 18.1 Å². The van der Waals surface area contributed by atoms with Gasteiger partial charge in [-0.15, -0.1) is 0 Å². The Hall–Kier alpha value is -4.13. The van der Waals surface area contributed by atoms with Crippen molar-refractivity contribution in [1.29, 1.82) is 0 Å². The maximum atomic E-state index is 9.71. The fourth-order valence-electron chi connectivity index (χ4n) is 3.39. The summed E-state index contributed by atoms with van der Waals surface area (Å²) in [5, 5.41) is 9.71. The predicted octanol–water partition coefficient (Wildman–Crippen LogP) is 3.72. The standard InChI is InChI=1S/C23H18N6O/c30-20-4-2-17-14-29(15-18(17)13-20)23-26-12-8-21(28-23)22-25-11-7-19(27-22)3-1-16-5-9-24-10-6-16/h1-13,30H,14-15H2/b3-1+. The molecule has 7 nitrogen and oxygen atoms in total. The fraction of sp³-hybridized carbons (Fsp3) is 0.0870. The van der Waals surface area contributed by atoms with Gasteiger partial charge in [-0.1, -0.05) is 12.1 Å². The first kappa shape index (κ1) is 17.9. The Kier molecular flexibility index (Phi) is 4.61. The second-order valence-electron chi connectivity index (χ2n) is 6.97. The molecule has 0 aliphatic carbocycles. The van der Waals surface area contributed by atoms with Crippen molar-refractivity contribution in [2.45, 2.75) is 13.1 Å². The molecule has 1 aliphatic rings. The molecule has 1 aliphatic heterocycles. The summed E-state index contributed by atoms with van der Waals surface area (Å²) >= 11 is 0. The molecule has 0 amide bonds. The van der Waals surface area contributed by atoms with E-state index in [1.54, 1.807) is 36.9 Å². The number of anilines is 1. The third-order valence-corrected chi connectivity index (χ3v) is 4.90. The van der Waals surface area contributed by atoms with Gasteiger partial charge in [0.2, 0.25) is 5.95 Å². The van der Waals surface area contributed by atoms with Gasteiger partial charge in [0.25, 0.3) is 0 Å². The molecular formula is C23H18N6O. The first-order chi connectivity index (χ1) is 14.7. The lowest BCUT2D eigenvalue weighted by Crippen LogP contribution is -2.17. The zero-order valence-electron chi connectivity index (χ0n) is 16.1. The summed E-state index contributed by atoms with van der Waals surface area (Å²) in [7, 11) is 0. The SMILES string of the molecule is Oc1ccc2c(c1)CN(c1nccc(-c3nccc(/C=C/c4ccncc4)n3)n1)C2. The van der Waals surface area contributed by atoms with Crippen LogP contribution in [0.2, 0.25) is 0 Å². The summed E-state index contributed by atoms with van der Waals surface area (Å²) < 4.78 is 0. The van der Waals surface area contributed by atoms with Crippen LogP contribution in [-0.4, -0.2) is 30.0 Å². The molecule has 1 aromatic carbocycles. The summed E-state index contributed by atoms with van der Waals surface area (Å²) in [5.74, 6) is 1.43. The van der Waals surface area contributed by atoms with Gasteiger partial charge in [0.15, 0.2) is 5.82 Å². The zero-order chi connectivity index (χ0) is 20.3. The second-order valence-corrected chi connectivity index (χ2v) is 6.97. The summed E-state index contributed by atoms with van der Waals surface area (Å²) in [6.45, 7) is 1.36. The van der Waals surface area contributed by atoms with Gasteiger partial charge in [-0.2, -0.15) is 0 Å². The molecule has 0 saturated heterocycles. The summed E-state index contributed by atoms with van der Waals surface area (Å²) in [6, 6.07) is 13.0. The lowest BCUT2D eigenvalue weighted by atomic mass is 10.1. The lowest BCUT2D eigenvalue weighted by Gasteiger charge is -2.15. The number of phenolic OH excluding ortho intramolecular Hbond substituents is 1. The van der Waals surface area contributed by atoms with E-state index in [0.717, 1.165) is 16.8 Å². The number of fused-ring (bicyclic) bond motifs is 1. The minimum Gasteiger partial charge on any atom is -0.508 e. The van der Waals surface area contributed by atoms with Gasteiger partial charge >= 0.3 is 0 Å². The van der Waals surface area contributed by atoms with Crippen LogP contribution < -0.4 is 4.90 Å². The topological polar surface area (TPSA) is 87.9 Å². The highest BCUT2D eigenvalue weighted by Crippen LogP contribution is 2.29. The quantitative estimate of drug-likeness (QED) is 0.564. The highest BCUT2D eigenvalue weighted by molar-refractivity contribution is 5.68. The van der Waals surface area contributed by atoms with Crippen LogP contribution in [0, 0.1) is 0 Å². The van der Waals surface area contributed by atoms with E-state index in [-0.39, 0.29) is 5.75 Å². The fourth-order valence-corrected chi connectivity index (χ4v) is 3.39. The molecular weight excluding hydrogens is 376 g/mol. The maximum absolute atomic E-state index is 9.71. The minimum atomic E-state index is 0.273. The summed E-state index contributed by atoms with van der Waals surface area (Å²) in [5.41, 5.74) is 4.76. The normalized spacial score (nSPS) is 13.0. The highest BCUT2D eigenvalue weighted by atomic mass is 16.3. The largest absolute Gasteiger partial charge is 0.508 e. The van der Waals surface area contributed by atoms with Crippen LogP contribution in [0.5, 0.6) is 5.75 Å². The Morgan fingerprint density at radius 1 is 0.800 bits per heavy atom. The van der Waals surface area contributed by atoms with E-state index in [1.165, 1.54) is 5.56 Å². The van der Waals surface area contributed by atoms with Crippen molar-refractivity contribution in [3.63, 3.8) is 0 Å².